The van der Waals surface area contributed by atoms with Crippen molar-refractivity contribution in [1.29, 1.82) is 0 Å². The summed E-state index contributed by atoms with van der Waals surface area (Å²) in [4.78, 5) is 7.13. The highest BCUT2D eigenvalue weighted by Crippen LogP contribution is 2.31. The van der Waals surface area contributed by atoms with Crippen molar-refractivity contribution in [2.24, 2.45) is 10.7 Å². The lowest BCUT2D eigenvalue weighted by Gasteiger charge is -2.34. The summed E-state index contributed by atoms with van der Waals surface area (Å²) >= 11 is 0. The number of benzene rings is 1. The van der Waals surface area contributed by atoms with Crippen LogP contribution in [-0.2, 0) is 0 Å². The third-order valence-electron chi connectivity index (χ3n) is 4.60. The Labute approximate surface area is 146 Å². The SMILES string of the molecule is CCCCNC(N)=NCC(c1ccccc1OC)N1CCCCC1. The van der Waals surface area contributed by atoms with Crippen molar-refractivity contribution in [2.75, 3.05) is 33.3 Å². The summed E-state index contributed by atoms with van der Waals surface area (Å²) in [6.07, 6.45) is 6.08. The van der Waals surface area contributed by atoms with Crippen LogP contribution in [0.2, 0.25) is 0 Å². The summed E-state index contributed by atoms with van der Waals surface area (Å²) in [6, 6.07) is 8.47. The molecule has 0 bridgehead atoms. The molecule has 2 rings (SSSR count). The topological polar surface area (TPSA) is 62.9 Å². The van der Waals surface area contributed by atoms with Crippen molar-refractivity contribution in [3.8, 4) is 5.75 Å². The van der Waals surface area contributed by atoms with Crippen LogP contribution in [0.3, 0.4) is 0 Å². The first-order chi connectivity index (χ1) is 11.8. The second-order valence-electron chi connectivity index (χ2n) is 6.36. The number of hydrogen-bond donors (Lipinski definition) is 2. The van der Waals surface area contributed by atoms with E-state index in [2.05, 4.69) is 34.3 Å². The number of rotatable bonds is 8. The van der Waals surface area contributed by atoms with Gasteiger partial charge in [0.05, 0.1) is 19.7 Å². The minimum Gasteiger partial charge on any atom is -0.496 e. The standard InChI is InChI=1S/C19H32N4O/c1-3-4-12-21-19(20)22-15-17(23-13-8-5-9-14-23)16-10-6-7-11-18(16)24-2/h6-7,10-11,17H,3-5,8-9,12-15H2,1-2H3,(H3,20,21,22). The molecule has 0 saturated carbocycles. The zero-order valence-electron chi connectivity index (χ0n) is 15.1. The normalized spacial score (nSPS) is 17.5. The van der Waals surface area contributed by atoms with Gasteiger partial charge in [0.2, 0.25) is 0 Å². The molecule has 0 radical (unpaired) electrons. The van der Waals surface area contributed by atoms with E-state index in [1.54, 1.807) is 7.11 Å². The van der Waals surface area contributed by atoms with Crippen molar-refractivity contribution >= 4 is 5.96 Å². The van der Waals surface area contributed by atoms with E-state index in [4.69, 9.17) is 10.5 Å². The lowest BCUT2D eigenvalue weighted by Crippen LogP contribution is -2.37. The van der Waals surface area contributed by atoms with Gasteiger partial charge in [-0.1, -0.05) is 38.0 Å². The maximum Gasteiger partial charge on any atom is 0.188 e. The Morgan fingerprint density at radius 1 is 1.29 bits per heavy atom. The van der Waals surface area contributed by atoms with Gasteiger partial charge in [0.15, 0.2) is 5.96 Å². The summed E-state index contributed by atoms with van der Waals surface area (Å²) in [5, 5.41) is 3.20. The van der Waals surface area contributed by atoms with Gasteiger partial charge in [-0.15, -0.1) is 0 Å². The lowest BCUT2D eigenvalue weighted by molar-refractivity contribution is 0.165. The number of likely N-dealkylation sites (tertiary alicyclic amines) is 1. The molecule has 0 aromatic heterocycles. The van der Waals surface area contributed by atoms with Crippen molar-refractivity contribution in [3.05, 3.63) is 29.8 Å². The highest BCUT2D eigenvalue weighted by molar-refractivity contribution is 5.77. The predicted molar refractivity (Wildman–Crippen MR) is 101 cm³/mol. The zero-order chi connectivity index (χ0) is 17.2. The van der Waals surface area contributed by atoms with Crippen molar-refractivity contribution in [1.82, 2.24) is 10.2 Å². The molecule has 5 nitrogen and oxygen atoms in total. The van der Waals surface area contributed by atoms with E-state index in [0.717, 1.165) is 38.2 Å². The fraction of sp³-hybridized carbons (Fsp3) is 0.632. The van der Waals surface area contributed by atoms with Crippen LogP contribution in [0.1, 0.15) is 50.6 Å². The summed E-state index contributed by atoms with van der Waals surface area (Å²) in [5.41, 5.74) is 7.23. The average molecular weight is 332 g/mol. The molecule has 0 spiro atoms. The first kappa shape index (κ1) is 18.6. The number of piperidine rings is 1. The monoisotopic (exact) mass is 332 g/mol. The fourth-order valence-corrected chi connectivity index (χ4v) is 3.22. The Hall–Kier alpha value is -1.75. The first-order valence-electron chi connectivity index (χ1n) is 9.17. The number of unbranched alkanes of at least 4 members (excludes halogenated alkanes) is 1. The molecule has 1 aromatic rings. The molecule has 1 saturated heterocycles. The highest BCUT2D eigenvalue weighted by Gasteiger charge is 2.24. The van der Waals surface area contributed by atoms with Crippen LogP contribution in [0, 0.1) is 0 Å². The highest BCUT2D eigenvalue weighted by atomic mass is 16.5. The fourth-order valence-electron chi connectivity index (χ4n) is 3.22. The van der Waals surface area contributed by atoms with Crippen LogP contribution in [0.5, 0.6) is 5.75 Å². The van der Waals surface area contributed by atoms with Crippen LogP contribution in [0.4, 0.5) is 0 Å². The second kappa shape index (κ2) is 10.2. The van der Waals surface area contributed by atoms with E-state index in [0.29, 0.717) is 12.5 Å². The number of nitrogens with one attached hydrogen (secondary N) is 1. The Morgan fingerprint density at radius 3 is 2.75 bits per heavy atom. The number of ether oxygens (including phenoxy) is 1. The summed E-state index contributed by atoms with van der Waals surface area (Å²) < 4.78 is 5.58. The number of nitrogens with two attached hydrogens (primary N) is 1. The smallest absolute Gasteiger partial charge is 0.188 e. The molecule has 1 fully saturated rings. The molecule has 1 aromatic carbocycles. The Balaban J connectivity index is 2.12. The first-order valence-corrected chi connectivity index (χ1v) is 9.17. The van der Waals surface area contributed by atoms with Crippen LogP contribution in [0.25, 0.3) is 0 Å². The van der Waals surface area contributed by atoms with Gasteiger partial charge in [0.25, 0.3) is 0 Å². The largest absolute Gasteiger partial charge is 0.496 e. The Bertz CT molecular complexity index is 512. The molecule has 1 unspecified atom stereocenters. The number of methoxy groups -OCH3 is 1. The van der Waals surface area contributed by atoms with E-state index in [1.165, 1.54) is 24.8 Å². The van der Waals surface area contributed by atoms with E-state index >= 15 is 0 Å². The molecule has 134 valence electrons. The molecule has 1 atom stereocenters. The quantitative estimate of drug-likeness (QED) is 0.436. The molecular weight excluding hydrogens is 300 g/mol. The van der Waals surface area contributed by atoms with Crippen LogP contribution >= 0.6 is 0 Å². The maximum absolute atomic E-state index is 6.03. The molecule has 1 aliphatic heterocycles. The van der Waals surface area contributed by atoms with Gasteiger partial charge < -0.3 is 15.8 Å². The van der Waals surface area contributed by atoms with Gasteiger partial charge in [-0.25, -0.2) is 0 Å². The van der Waals surface area contributed by atoms with Gasteiger partial charge in [-0.2, -0.15) is 0 Å². The van der Waals surface area contributed by atoms with Gasteiger partial charge in [-0.05, 0) is 38.4 Å². The van der Waals surface area contributed by atoms with E-state index in [-0.39, 0.29) is 6.04 Å². The van der Waals surface area contributed by atoms with Gasteiger partial charge in [-0.3, -0.25) is 9.89 Å². The number of nitrogens with zero attached hydrogens (tertiary/aromatic N) is 2. The average Bonchev–Trinajstić information content (AvgIpc) is 2.63. The minimum atomic E-state index is 0.216. The lowest BCUT2D eigenvalue weighted by atomic mass is 10.0. The molecule has 24 heavy (non-hydrogen) atoms. The van der Waals surface area contributed by atoms with Crippen molar-refractivity contribution in [2.45, 2.75) is 45.1 Å². The van der Waals surface area contributed by atoms with Gasteiger partial charge in [0.1, 0.15) is 5.75 Å². The molecule has 1 aliphatic rings. The van der Waals surface area contributed by atoms with Gasteiger partial charge in [0, 0.05) is 12.1 Å². The van der Waals surface area contributed by atoms with Crippen LogP contribution in [-0.4, -0.2) is 44.1 Å². The summed E-state index contributed by atoms with van der Waals surface area (Å²) in [5.74, 6) is 1.47. The number of para-hydroxylation sites is 1. The summed E-state index contributed by atoms with van der Waals surface area (Å²) in [7, 11) is 1.73. The zero-order valence-corrected chi connectivity index (χ0v) is 15.1. The third-order valence-corrected chi connectivity index (χ3v) is 4.60. The molecule has 3 N–H and O–H groups in total. The molecule has 1 heterocycles. The Morgan fingerprint density at radius 2 is 2.04 bits per heavy atom. The predicted octanol–water partition coefficient (Wildman–Crippen LogP) is 2.93. The third kappa shape index (κ3) is 5.41. The number of aliphatic imine (C=N–C) groups is 1. The maximum atomic E-state index is 6.03. The van der Waals surface area contributed by atoms with E-state index in [1.807, 2.05) is 12.1 Å². The van der Waals surface area contributed by atoms with E-state index < -0.39 is 0 Å². The second-order valence-corrected chi connectivity index (χ2v) is 6.36. The minimum absolute atomic E-state index is 0.216. The Kier molecular flexibility index (Phi) is 7.89. The van der Waals surface area contributed by atoms with Crippen molar-refractivity contribution < 1.29 is 4.74 Å². The molecule has 0 aliphatic carbocycles. The van der Waals surface area contributed by atoms with Crippen LogP contribution < -0.4 is 15.8 Å². The molecule has 5 heteroatoms. The number of hydrogen-bond acceptors (Lipinski definition) is 3. The van der Waals surface area contributed by atoms with Crippen LogP contribution in [0.15, 0.2) is 29.3 Å². The molecular formula is C19H32N4O. The molecule has 0 amide bonds. The van der Waals surface area contributed by atoms with Crippen molar-refractivity contribution in [3.63, 3.8) is 0 Å². The number of guanidine groups is 1. The van der Waals surface area contributed by atoms with E-state index in [9.17, 15) is 0 Å². The van der Waals surface area contributed by atoms with Gasteiger partial charge >= 0.3 is 0 Å². The summed E-state index contributed by atoms with van der Waals surface area (Å²) in [6.45, 7) is 5.94.